The lowest BCUT2D eigenvalue weighted by Gasteiger charge is -2.23. The summed E-state index contributed by atoms with van der Waals surface area (Å²) >= 11 is 5.93. The van der Waals surface area contributed by atoms with E-state index in [2.05, 4.69) is 32.1 Å². The first kappa shape index (κ1) is 12.4. The minimum Gasteiger partial charge on any atom is -0.354 e. The molecule has 0 aromatic carbocycles. The van der Waals surface area contributed by atoms with E-state index in [4.69, 9.17) is 11.6 Å². The number of hydrogen-bond acceptors (Lipinski definition) is 5. The lowest BCUT2D eigenvalue weighted by molar-refractivity contribution is 0.633. The maximum atomic E-state index is 5.93. The number of nitrogens with one attached hydrogen (secondary N) is 1. The van der Waals surface area contributed by atoms with Gasteiger partial charge in [0.2, 0.25) is 17.2 Å². The van der Waals surface area contributed by atoms with Gasteiger partial charge in [0.25, 0.3) is 0 Å². The predicted octanol–water partition coefficient (Wildman–Crippen LogP) is 2.34. The van der Waals surface area contributed by atoms with Crippen LogP contribution in [-0.4, -0.2) is 34.1 Å². The van der Waals surface area contributed by atoms with Gasteiger partial charge in [0.05, 0.1) is 0 Å². The van der Waals surface area contributed by atoms with Crippen LogP contribution in [0.2, 0.25) is 5.28 Å². The number of nitrogens with zero attached hydrogens (tertiary/aromatic N) is 4. The molecule has 0 bridgehead atoms. The fraction of sp³-hybridized carbons (Fsp3) is 0.727. The quantitative estimate of drug-likeness (QED) is 0.895. The third-order valence-corrected chi connectivity index (χ3v) is 3.21. The lowest BCUT2D eigenvalue weighted by Crippen LogP contribution is -2.30. The van der Waals surface area contributed by atoms with Gasteiger partial charge in [-0.2, -0.15) is 15.0 Å². The predicted molar refractivity (Wildman–Crippen MR) is 69.7 cm³/mol. The topological polar surface area (TPSA) is 53.9 Å². The summed E-state index contributed by atoms with van der Waals surface area (Å²) in [5, 5.41) is 3.33. The van der Waals surface area contributed by atoms with Crippen molar-refractivity contribution < 1.29 is 0 Å². The number of rotatable bonds is 4. The molecular weight excluding hydrogens is 238 g/mol. The zero-order valence-electron chi connectivity index (χ0n) is 10.3. The summed E-state index contributed by atoms with van der Waals surface area (Å²) in [4.78, 5) is 14.9. The van der Waals surface area contributed by atoms with Crippen LogP contribution >= 0.6 is 11.6 Å². The molecule has 1 aliphatic heterocycles. The molecule has 1 unspecified atom stereocenters. The van der Waals surface area contributed by atoms with Gasteiger partial charge in [-0.15, -0.1) is 0 Å². The van der Waals surface area contributed by atoms with Crippen molar-refractivity contribution in [1.29, 1.82) is 0 Å². The van der Waals surface area contributed by atoms with E-state index >= 15 is 0 Å². The van der Waals surface area contributed by atoms with Crippen LogP contribution in [-0.2, 0) is 0 Å². The summed E-state index contributed by atoms with van der Waals surface area (Å²) in [7, 11) is 0. The van der Waals surface area contributed by atoms with Crippen molar-refractivity contribution in [3.8, 4) is 0 Å². The molecule has 5 nitrogen and oxygen atoms in total. The van der Waals surface area contributed by atoms with Crippen LogP contribution in [0, 0.1) is 0 Å². The van der Waals surface area contributed by atoms with E-state index in [0.29, 0.717) is 17.9 Å². The molecular formula is C11H18ClN5. The largest absolute Gasteiger partial charge is 0.354 e. The average Bonchev–Trinajstić information content (AvgIpc) is 2.76. The zero-order valence-corrected chi connectivity index (χ0v) is 11.0. The maximum absolute atomic E-state index is 5.93. The highest BCUT2D eigenvalue weighted by atomic mass is 35.5. The summed E-state index contributed by atoms with van der Waals surface area (Å²) < 4.78 is 0. The first-order chi connectivity index (χ1) is 8.24. The fourth-order valence-electron chi connectivity index (χ4n) is 2.23. The van der Waals surface area contributed by atoms with Gasteiger partial charge in [-0.3, -0.25) is 0 Å². The summed E-state index contributed by atoms with van der Waals surface area (Å²) in [5.74, 6) is 1.26. The van der Waals surface area contributed by atoms with Gasteiger partial charge in [-0.1, -0.05) is 6.92 Å². The van der Waals surface area contributed by atoms with Gasteiger partial charge >= 0.3 is 0 Å². The molecule has 0 aliphatic carbocycles. The first-order valence-corrected chi connectivity index (χ1v) is 6.54. The van der Waals surface area contributed by atoms with E-state index < -0.39 is 0 Å². The molecule has 2 rings (SSSR count). The van der Waals surface area contributed by atoms with Crippen molar-refractivity contribution in [2.24, 2.45) is 0 Å². The van der Waals surface area contributed by atoms with Crippen LogP contribution in [0.4, 0.5) is 11.9 Å². The molecule has 0 radical (unpaired) electrons. The third kappa shape index (κ3) is 2.77. The van der Waals surface area contributed by atoms with Crippen LogP contribution < -0.4 is 10.2 Å². The number of hydrogen-bond donors (Lipinski definition) is 1. The maximum Gasteiger partial charge on any atom is 0.231 e. The number of aromatic nitrogens is 3. The highest BCUT2D eigenvalue weighted by Gasteiger charge is 2.25. The molecule has 17 heavy (non-hydrogen) atoms. The molecule has 1 atom stereocenters. The minimum atomic E-state index is 0.257. The van der Waals surface area contributed by atoms with Crippen molar-refractivity contribution in [2.45, 2.75) is 39.2 Å². The minimum absolute atomic E-state index is 0.257. The monoisotopic (exact) mass is 255 g/mol. The van der Waals surface area contributed by atoms with Crippen molar-refractivity contribution >= 4 is 23.5 Å². The summed E-state index contributed by atoms with van der Waals surface area (Å²) in [6.45, 7) is 5.97. The van der Waals surface area contributed by atoms with E-state index in [-0.39, 0.29) is 5.28 Å². The summed E-state index contributed by atoms with van der Waals surface area (Å²) in [5.41, 5.74) is 0. The Balaban J connectivity index is 2.24. The first-order valence-electron chi connectivity index (χ1n) is 6.16. The molecule has 1 aromatic heterocycles. The Kier molecular flexibility index (Phi) is 3.99. The Bertz CT molecular complexity index is 384. The third-order valence-electron chi connectivity index (χ3n) is 3.04. The van der Waals surface area contributed by atoms with Gasteiger partial charge < -0.3 is 10.2 Å². The van der Waals surface area contributed by atoms with Gasteiger partial charge in [-0.25, -0.2) is 0 Å². The highest BCUT2D eigenvalue weighted by molar-refractivity contribution is 6.28. The zero-order chi connectivity index (χ0) is 12.3. The Morgan fingerprint density at radius 1 is 1.35 bits per heavy atom. The van der Waals surface area contributed by atoms with Gasteiger partial charge in [0.1, 0.15) is 0 Å². The average molecular weight is 256 g/mol. The Morgan fingerprint density at radius 3 is 2.88 bits per heavy atom. The van der Waals surface area contributed by atoms with Gasteiger partial charge in [0, 0.05) is 19.1 Å². The summed E-state index contributed by atoms with van der Waals surface area (Å²) in [6.07, 6.45) is 3.51. The Labute approximate surface area is 107 Å². The molecule has 1 N–H and O–H groups in total. The molecule has 1 fully saturated rings. The van der Waals surface area contributed by atoms with Crippen LogP contribution in [0.25, 0.3) is 0 Å². The number of halogens is 1. The van der Waals surface area contributed by atoms with Crippen molar-refractivity contribution in [1.82, 2.24) is 15.0 Å². The molecule has 1 saturated heterocycles. The lowest BCUT2D eigenvalue weighted by atomic mass is 10.2. The van der Waals surface area contributed by atoms with E-state index in [0.717, 1.165) is 19.5 Å². The Morgan fingerprint density at radius 2 is 2.18 bits per heavy atom. The SMILES string of the molecule is CCNc1nc(Cl)nc(N2CCCC2CC)n1. The molecule has 2 heterocycles. The number of anilines is 2. The molecule has 0 amide bonds. The highest BCUT2D eigenvalue weighted by Crippen LogP contribution is 2.25. The smallest absolute Gasteiger partial charge is 0.231 e. The second-order valence-electron chi connectivity index (χ2n) is 4.16. The van der Waals surface area contributed by atoms with Gasteiger partial charge in [0.15, 0.2) is 0 Å². The van der Waals surface area contributed by atoms with E-state index in [1.54, 1.807) is 0 Å². The fourth-order valence-corrected chi connectivity index (χ4v) is 2.38. The van der Waals surface area contributed by atoms with E-state index in [9.17, 15) is 0 Å². The van der Waals surface area contributed by atoms with E-state index in [1.807, 2.05) is 6.92 Å². The summed E-state index contributed by atoms with van der Waals surface area (Å²) in [6, 6.07) is 0.531. The van der Waals surface area contributed by atoms with Gasteiger partial charge in [-0.05, 0) is 37.8 Å². The molecule has 1 aromatic rings. The van der Waals surface area contributed by atoms with Crippen LogP contribution in [0.15, 0.2) is 0 Å². The van der Waals surface area contributed by atoms with Crippen LogP contribution in [0.1, 0.15) is 33.1 Å². The van der Waals surface area contributed by atoms with Crippen molar-refractivity contribution in [3.63, 3.8) is 0 Å². The standard InChI is InChI=1S/C11H18ClN5/c1-3-8-6-5-7-17(8)11-15-9(12)14-10(16-11)13-4-2/h8H,3-7H2,1-2H3,(H,13,14,15,16). The second kappa shape index (κ2) is 5.49. The molecule has 0 saturated carbocycles. The molecule has 94 valence electrons. The van der Waals surface area contributed by atoms with Crippen LogP contribution in [0.3, 0.4) is 0 Å². The van der Waals surface area contributed by atoms with Crippen LogP contribution in [0.5, 0.6) is 0 Å². The second-order valence-corrected chi connectivity index (χ2v) is 4.49. The molecule has 1 aliphatic rings. The molecule has 0 spiro atoms. The van der Waals surface area contributed by atoms with Crippen molar-refractivity contribution in [2.75, 3.05) is 23.3 Å². The van der Waals surface area contributed by atoms with E-state index in [1.165, 1.54) is 12.8 Å². The molecule has 6 heteroatoms. The Hall–Kier alpha value is -1.10. The van der Waals surface area contributed by atoms with Crippen molar-refractivity contribution in [3.05, 3.63) is 5.28 Å². The normalized spacial score (nSPS) is 19.7.